The van der Waals surface area contributed by atoms with E-state index in [-0.39, 0.29) is 162 Å². The third kappa shape index (κ3) is 19.9. The predicted molar refractivity (Wildman–Crippen MR) is 502 cm³/mol. The Bertz CT molecular complexity index is 5970. The molecule has 0 radical (unpaired) electrons. The van der Waals surface area contributed by atoms with E-state index in [1.807, 2.05) is 60.7 Å². The van der Waals surface area contributed by atoms with Crippen molar-refractivity contribution in [3.05, 3.63) is 204 Å². The molecule has 16 rings (SSSR count). The van der Waals surface area contributed by atoms with Crippen molar-refractivity contribution in [3.63, 3.8) is 0 Å². The standard InChI is InChI=1S/C54H63ClN4O12S.C44H47ClN4O10S/c1-4-25-70-54(63)59-42-32-47(67-26-11-5-6-16-48(61)58-34-37(33-55)51-40-15-8-7-14-39(40)45(60)31-43(51)58)46(66-3)30-41(42)52(62)57-24-23-36(29-44(57)53(59)71-50-18-10-13-28-69-50)35-19-21-38(22-20-35)72(64,65)56(2)49-17-9-12-27-68-49;1-4-19-59-44(54)49-34-24-39(58-20-9-5-6-12-40(51)48-26-29(25-45)41-32-11-8-7-10-31(32)37(50)23-35(41)48)38(57-3)22-33(34)42(52)47-18-17-28(21-36(47)43(49)53)27-13-15-30(16-14-27)60(55,56)46-2/h4,7-8,14-15,19-23,30-32,37,44,49-50,53,60H,1,5-6,9-13,16-18,24-29,33-34H2,2-3H3;4,7-8,10-11,13-17,22-24,29,36,43,46,50,53H,1,5-6,9,12,18-21,25-26H2,2-3H3/t37-,44+,49?,50?,53?;29-,36+,43?/m11/s1. The first kappa shape index (κ1) is 95.3. The first-order valence-corrected chi connectivity index (χ1v) is 48.6. The molecular formula is C98H110Cl2N8O22S2. The number of ether oxygens (including phenoxy) is 9. The van der Waals surface area contributed by atoms with E-state index in [1.54, 1.807) is 82.4 Å². The molecule has 132 heavy (non-hydrogen) atoms. The molecular weight excluding hydrogens is 1780 g/mol. The molecule has 8 aromatic rings. The van der Waals surface area contributed by atoms with Gasteiger partial charge in [-0.15, -0.1) is 23.2 Å². The van der Waals surface area contributed by atoms with Crippen LogP contribution < -0.4 is 43.3 Å². The fraction of sp³-hybridized carbons (Fsp3) is 0.408. The maximum atomic E-state index is 14.9. The topological polar surface area (TPSA) is 349 Å². The van der Waals surface area contributed by atoms with Crippen LogP contribution in [0.5, 0.6) is 34.5 Å². The van der Waals surface area contributed by atoms with Gasteiger partial charge in [-0.05, 0) is 178 Å². The number of nitrogens with zero attached hydrogens (tertiary/aromatic N) is 7. The molecule has 8 aromatic carbocycles. The Morgan fingerprint density at radius 2 is 1.02 bits per heavy atom. The summed E-state index contributed by atoms with van der Waals surface area (Å²) < 4.78 is 109. The van der Waals surface area contributed by atoms with E-state index in [9.17, 15) is 60.9 Å². The number of hydrogen-bond acceptors (Lipinski definition) is 22. The monoisotopic (exact) mass is 1880 g/mol. The average Bonchev–Trinajstić information content (AvgIpc) is 1.61. The number of phenolic OH excluding ortho intramolecular Hbond substituents is 2. The summed E-state index contributed by atoms with van der Waals surface area (Å²) in [6.07, 6.45) is 10.3. The van der Waals surface area contributed by atoms with Crippen LogP contribution in [-0.2, 0) is 53.3 Å². The quantitative estimate of drug-likeness (QED) is 0.0178. The van der Waals surface area contributed by atoms with E-state index in [1.165, 1.54) is 71.8 Å². The molecule has 4 unspecified atom stereocenters. The van der Waals surface area contributed by atoms with Crippen LogP contribution in [0.3, 0.4) is 0 Å². The Morgan fingerprint density at radius 1 is 0.561 bits per heavy atom. The molecule has 8 aliphatic heterocycles. The van der Waals surface area contributed by atoms with Crippen LogP contribution >= 0.6 is 23.2 Å². The molecule has 8 heterocycles. The third-order valence-electron chi connectivity index (χ3n) is 25.6. The highest BCUT2D eigenvalue weighted by Gasteiger charge is 2.50. The summed E-state index contributed by atoms with van der Waals surface area (Å²) in [5.41, 5.74) is 6.92. The molecule has 8 aliphatic rings. The number of alkyl halides is 2. The third-order valence-corrected chi connectivity index (χ3v) is 29.6. The van der Waals surface area contributed by atoms with Gasteiger partial charge < -0.3 is 77.6 Å². The average molecular weight is 1890 g/mol. The number of hydrogen-bond donors (Lipinski definition) is 4. The van der Waals surface area contributed by atoms with Crippen LogP contribution in [0.1, 0.15) is 158 Å². The lowest BCUT2D eigenvalue weighted by molar-refractivity contribution is -0.196. The lowest BCUT2D eigenvalue weighted by Crippen LogP contribution is -2.57. The van der Waals surface area contributed by atoms with E-state index in [0.29, 0.717) is 106 Å². The minimum Gasteiger partial charge on any atom is -0.507 e. The number of carbonyl (C=O) groups excluding carboxylic acids is 6. The lowest BCUT2D eigenvalue weighted by atomic mass is 9.92. The number of aliphatic hydroxyl groups excluding tert-OH is 1. The fourth-order valence-electron chi connectivity index (χ4n) is 18.7. The number of sulfonamides is 2. The molecule has 8 atom stereocenters. The maximum absolute atomic E-state index is 14.9. The number of amides is 6. The Labute approximate surface area is 777 Å². The highest BCUT2D eigenvalue weighted by Crippen LogP contribution is 2.50. The number of carbonyl (C=O) groups is 6. The van der Waals surface area contributed by atoms with Gasteiger partial charge in [-0.3, -0.25) is 19.2 Å². The molecule has 0 aromatic heterocycles. The van der Waals surface area contributed by atoms with Gasteiger partial charge >= 0.3 is 12.2 Å². The smallest absolute Gasteiger partial charge is 0.416 e. The van der Waals surface area contributed by atoms with Crippen LogP contribution in [0.4, 0.5) is 32.3 Å². The van der Waals surface area contributed by atoms with Gasteiger partial charge in [0.2, 0.25) is 31.9 Å². The van der Waals surface area contributed by atoms with E-state index in [2.05, 4.69) is 17.9 Å². The lowest BCUT2D eigenvalue weighted by Gasteiger charge is -2.42. The molecule has 4 N–H and O–H groups in total. The number of aromatic hydroxyl groups is 2. The summed E-state index contributed by atoms with van der Waals surface area (Å²) in [6, 6.07) is 36.0. The number of fused-ring (bicyclic) bond motifs is 10. The summed E-state index contributed by atoms with van der Waals surface area (Å²) >= 11 is 12.8. The number of halogens is 2. The summed E-state index contributed by atoms with van der Waals surface area (Å²) in [7, 11) is -1.71. The van der Waals surface area contributed by atoms with Gasteiger partial charge in [0.25, 0.3) is 11.8 Å². The zero-order chi connectivity index (χ0) is 93.2. The molecule has 2 fully saturated rings. The molecule has 30 nitrogen and oxygen atoms in total. The van der Waals surface area contributed by atoms with Crippen LogP contribution in [0.25, 0.3) is 32.7 Å². The van der Waals surface area contributed by atoms with Crippen LogP contribution in [-0.4, -0.2) is 225 Å². The SMILES string of the molecule is C=CCOC(=O)N1c2cc(OCCCCCC(=O)N3C[C@@H](CCl)c4c3cc(O)c3ccccc43)c(OC)cc2C(=O)N2CC=C(c3ccc(S(=O)(=O)N(C)C4CCCCO4)cc3)C[C@H]2C1OC1CCCCO1.C=CCOC(=O)N1c2cc(OCCCCCC(=O)N3C[C@@H](CCl)c4c3cc(O)c3ccccc43)c(OC)cc2C(=O)N2CC=C(c3ccc(S(=O)(=O)NC)cc3)C[C@H]2C1O. The van der Waals surface area contributed by atoms with Crippen molar-refractivity contribution in [2.24, 2.45) is 0 Å². The minimum absolute atomic E-state index is 0.0497. The maximum Gasteiger partial charge on any atom is 0.416 e. The second-order valence-electron chi connectivity index (χ2n) is 33.5. The Balaban J connectivity index is 0.000000205. The number of phenols is 2. The van der Waals surface area contributed by atoms with Crippen molar-refractivity contribution in [1.29, 1.82) is 0 Å². The predicted octanol–water partition coefficient (Wildman–Crippen LogP) is 15.8. The van der Waals surface area contributed by atoms with Crippen molar-refractivity contribution < 1.29 is 104 Å². The van der Waals surface area contributed by atoms with Crippen LogP contribution in [0.15, 0.2) is 181 Å². The number of anilines is 4. The first-order valence-electron chi connectivity index (χ1n) is 44.6. The summed E-state index contributed by atoms with van der Waals surface area (Å²) in [4.78, 5) is 93.7. The van der Waals surface area contributed by atoms with Crippen molar-refractivity contribution in [3.8, 4) is 34.5 Å². The van der Waals surface area contributed by atoms with Gasteiger partial charge in [0.05, 0.1) is 83.2 Å². The van der Waals surface area contributed by atoms with E-state index >= 15 is 0 Å². The fourth-order valence-corrected chi connectivity index (χ4v) is 21.2. The van der Waals surface area contributed by atoms with Gasteiger partial charge in [0, 0.05) is 118 Å². The molecule has 700 valence electrons. The van der Waals surface area contributed by atoms with E-state index in [0.717, 1.165) is 80.0 Å². The summed E-state index contributed by atoms with van der Waals surface area (Å²) in [5.74, 6) is 0.940. The number of benzene rings is 8. The number of rotatable bonds is 31. The molecule has 2 saturated heterocycles. The summed E-state index contributed by atoms with van der Waals surface area (Å²) in [6.45, 7) is 9.68. The normalized spacial score (nSPS) is 20.5. The van der Waals surface area contributed by atoms with Crippen LogP contribution in [0.2, 0.25) is 0 Å². The van der Waals surface area contributed by atoms with Gasteiger partial charge in [-0.25, -0.2) is 40.9 Å². The van der Waals surface area contributed by atoms with Gasteiger partial charge in [-0.1, -0.05) is 110 Å². The van der Waals surface area contributed by atoms with Gasteiger partial charge in [-0.2, -0.15) is 4.31 Å². The zero-order valence-electron chi connectivity index (χ0n) is 74.1. The minimum atomic E-state index is -3.85. The zero-order valence-corrected chi connectivity index (χ0v) is 77.3. The van der Waals surface area contributed by atoms with E-state index in [4.69, 9.17) is 65.8 Å². The molecule has 0 bridgehead atoms. The highest BCUT2D eigenvalue weighted by atomic mass is 35.5. The number of methoxy groups -OCH3 is 2. The molecule has 6 amide bonds. The van der Waals surface area contributed by atoms with Crippen LogP contribution in [0, 0.1) is 0 Å². The van der Waals surface area contributed by atoms with Gasteiger partial charge in [0.1, 0.15) is 30.9 Å². The molecule has 0 aliphatic carbocycles. The number of nitrogens with one attached hydrogen (secondary N) is 1. The largest absolute Gasteiger partial charge is 0.507 e. The Hall–Kier alpha value is -11.3. The van der Waals surface area contributed by atoms with Crippen molar-refractivity contribution in [1.82, 2.24) is 18.8 Å². The van der Waals surface area contributed by atoms with Crippen molar-refractivity contribution >= 4 is 135 Å². The van der Waals surface area contributed by atoms with E-state index < -0.39 is 75.2 Å². The number of unbranched alkanes of at least 4 members (excludes halogenated alkanes) is 4. The van der Waals surface area contributed by atoms with Gasteiger partial charge in [0.15, 0.2) is 41.7 Å². The first-order chi connectivity index (χ1) is 63.8. The second kappa shape index (κ2) is 42.3. The summed E-state index contributed by atoms with van der Waals surface area (Å²) in [5, 5.41) is 36.8. The number of aliphatic hydroxyl groups is 1. The Kier molecular flexibility index (Phi) is 30.5. The molecule has 34 heteroatoms. The van der Waals surface area contributed by atoms with Crippen molar-refractivity contribution in [2.75, 3.05) is 125 Å². The molecule has 0 spiro atoms. The highest BCUT2D eigenvalue weighted by molar-refractivity contribution is 7.89. The Morgan fingerprint density at radius 3 is 1.48 bits per heavy atom. The van der Waals surface area contributed by atoms with Crippen molar-refractivity contribution in [2.45, 2.75) is 161 Å². The molecule has 0 saturated carbocycles. The second-order valence-corrected chi connectivity index (χ2v) is 38.0.